The van der Waals surface area contributed by atoms with Gasteiger partial charge in [0.15, 0.2) is 5.17 Å². The lowest BCUT2D eigenvalue weighted by molar-refractivity contribution is -0.127. The lowest BCUT2D eigenvalue weighted by Crippen LogP contribution is -2.42. The van der Waals surface area contributed by atoms with Gasteiger partial charge in [-0.3, -0.25) is 9.59 Å². The van der Waals surface area contributed by atoms with Crippen molar-refractivity contribution in [2.24, 2.45) is 10.9 Å². The zero-order chi connectivity index (χ0) is 22.0. The maximum atomic E-state index is 13.5. The van der Waals surface area contributed by atoms with Crippen molar-refractivity contribution in [2.75, 3.05) is 19.6 Å². The predicted molar refractivity (Wildman–Crippen MR) is 125 cm³/mol. The maximum absolute atomic E-state index is 13.5. The van der Waals surface area contributed by atoms with E-state index in [0.29, 0.717) is 24.6 Å². The number of nitrogens with one attached hydrogen (secondary N) is 1. The normalized spacial score (nSPS) is 20.2. The van der Waals surface area contributed by atoms with Crippen molar-refractivity contribution in [3.63, 3.8) is 0 Å². The fourth-order valence-electron chi connectivity index (χ4n) is 4.08. The molecule has 0 bridgehead atoms. The smallest absolute Gasteiger partial charge is 0.254 e. The monoisotopic (exact) mass is 438 g/mol. The molecule has 1 N–H and O–H groups in total. The van der Waals surface area contributed by atoms with E-state index in [1.807, 2.05) is 61.4 Å². The highest BCUT2D eigenvalue weighted by Crippen LogP contribution is 2.44. The number of benzene rings is 1. The summed E-state index contributed by atoms with van der Waals surface area (Å²) in [6, 6.07) is 9.76. The van der Waals surface area contributed by atoms with Gasteiger partial charge in [-0.15, -0.1) is 0 Å². The fraction of sp³-hybridized carbons (Fsp3) is 0.458. The first-order valence-electron chi connectivity index (χ1n) is 11.1. The lowest BCUT2D eigenvalue weighted by Gasteiger charge is -2.38. The highest BCUT2D eigenvalue weighted by molar-refractivity contribution is 8.16. The van der Waals surface area contributed by atoms with Crippen molar-refractivity contribution in [3.8, 4) is 0 Å². The molecule has 1 aromatic rings. The van der Waals surface area contributed by atoms with Crippen molar-refractivity contribution < 1.29 is 9.59 Å². The van der Waals surface area contributed by atoms with E-state index in [2.05, 4.69) is 10.2 Å². The predicted octanol–water partition coefficient (Wildman–Crippen LogP) is 4.05. The summed E-state index contributed by atoms with van der Waals surface area (Å²) in [6.07, 6.45) is 2.70. The quantitative estimate of drug-likeness (QED) is 0.665. The summed E-state index contributed by atoms with van der Waals surface area (Å²) in [5, 5.41) is 5.89. The molecule has 2 aliphatic heterocycles. The summed E-state index contributed by atoms with van der Waals surface area (Å²) >= 11 is 1.52. The van der Waals surface area contributed by atoms with Gasteiger partial charge in [0.1, 0.15) is 0 Å². The maximum Gasteiger partial charge on any atom is 0.254 e. The van der Waals surface area contributed by atoms with Crippen LogP contribution in [0.15, 0.2) is 57.7 Å². The van der Waals surface area contributed by atoms with E-state index in [-0.39, 0.29) is 24.3 Å². The van der Waals surface area contributed by atoms with Crippen LogP contribution in [-0.4, -0.2) is 46.4 Å². The van der Waals surface area contributed by atoms with Crippen LogP contribution < -0.4 is 5.32 Å². The number of nitrogens with zero attached hydrogens (tertiary/aromatic N) is 3. The van der Waals surface area contributed by atoms with Crippen LogP contribution >= 0.6 is 11.8 Å². The van der Waals surface area contributed by atoms with Crippen LogP contribution in [-0.2, 0) is 9.59 Å². The number of aliphatic imine (C=N–C) groups is 1. The SMILES string of the molecule is CCN(CC)C(=O)C1=C(C)N=C2SC=C(CC(=O)NCC3CC3)N2C1c1ccccc1. The number of likely N-dealkylation sites (N-methyl/N-ethyl adjacent to an activating group) is 1. The van der Waals surface area contributed by atoms with Gasteiger partial charge in [0, 0.05) is 25.3 Å². The number of fused-ring (bicyclic) bond motifs is 1. The van der Waals surface area contributed by atoms with Gasteiger partial charge in [-0.2, -0.15) is 0 Å². The van der Waals surface area contributed by atoms with Crippen molar-refractivity contribution in [2.45, 2.75) is 46.1 Å². The molecule has 2 heterocycles. The first-order valence-corrected chi connectivity index (χ1v) is 12.0. The summed E-state index contributed by atoms with van der Waals surface area (Å²) in [5.74, 6) is 0.673. The zero-order valence-corrected chi connectivity index (χ0v) is 19.2. The Balaban J connectivity index is 1.67. The molecule has 7 heteroatoms. The van der Waals surface area contributed by atoms with E-state index in [4.69, 9.17) is 4.99 Å². The first-order chi connectivity index (χ1) is 15.0. The van der Waals surface area contributed by atoms with E-state index >= 15 is 0 Å². The van der Waals surface area contributed by atoms with Crippen molar-refractivity contribution in [1.29, 1.82) is 0 Å². The molecule has 3 aliphatic rings. The van der Waals surface area contributed by atoms with E-state index in [1.54, 1.807) is 0 Å². The molecule has 164 valence electrons. The van der Waals surface area contributed by atoms with Crippen LogP contribution in [0.1, 0.15) is 51.6 Å². The Labute approximate surface area is 188 Å². The molecular weight excluding hydrogens is 408 g/mol. The Hall–Kier alpha value is -2.54. The molecule has 4 rings (SSSR count). The van der Waals surface area contributed by atoms with Gasteiger partial charge in [-0.05, 0) is 50.5 Å². The molecule has 1 fully saturated rings. The second-order valence-electron chi connectivity index (χ2n) is 8.21. The van der Waals surface area contributed by atoms with Crippen LogP contribution in [0.2, 0.25) is 0 Å². The summed E-state index contributed by atoms with van der Waals surface area (Å²) in [4.78, 5) is 34.8. The summed E-state index contributed by atoms with van der Waals surface area (Å²) in [7, 11) is 0. The average Bonchev–Trinajstić information content (AvgIpc) is 3.53. The lowest BCUT2D eigenvalue weighted by atomic mass is 9.92. The van der Waals surface area contributed by atoms with Gasteiger partial charge in [-0.25, -0.2) is 4.99 Å². The Morgan fingerprint density at radius 3 is 2.55 bits per heavy atom. The van der Waals surface area contributed by atoms with Gasteiger partial charge in [0.05, 0.1) is 23.7 Å². The van der Waals surface area contributed by atoms with Crippen LogP contribution in [0.25, 0.3) is 0 Å². The second-order valence-corrected chi connectivity index (χ2v) is 9.04. The molecule has 1 aliphatic carbocycles. The minimum Gasteiger partial charge on any atom is -0.355 e. The molecular formula is C24H30N4O2S. The molecule has 2 amide bonds. The number of hydrogen-bond donors (Lipinski definition) is 1. The molecule has 1 saturated carbocycles. The molecule has 6 nitrogen and oxygen atoms in total. The number of thioether (sulfide) groups is 1. The minimum absolute atomic E-state index is 0.00795. The summed E-state index contributed by atoms with van der Waals surface area (Å²) in [5.41, 5.74) is 3.35. The van der Waals surface area contributed by atoms with E-state index in [9.17, 15) is 9.59 Å². The first kappa shape index (κ1) is 21.7. The molecule has 1 unspecified atom stereocenters. The van der Waals surface area contributed by atoms with Crippen LogP contribution in [0.5, 0.6) is 0 Å². The molecule has 31 heavy (non-hydrogen) atoms. The number of allylic oxidation sites excluding steroid dienone is 1. The third-order valence-corrected chi connectivity index (χ3v) is 6.91. The van der Waals surface area contributed by atoms with Crippen molar-refractivity contribution >= 4 is 28.7 Å². The van der Waals surface area contributed by atoms with Crippen molar-refractivity contribution in [1.82, 2.24) is 15.1 Å². The van der Waals surface area contributed by atoms with E-state index in [1.165, 1.54) is 24.6 Å². The van der Waals surface area contributed by atoms with Crippen LogP contribution in [0.4, 0.5) is 0 Å². The Morgan fingerprint density at radius 1 is 1.19 bits per heavy atom. The van der Waals surface area contributed by atoms with Gasteiger partial charge in [-0.1, -0.05) is 42.1 Å². The number of amides is 2. The molecule has 0 radical (unpaired) electrons. The fourth-order valence-corrected chi connectivity index (χ4v) is 5.05. The molecule has 1 aromatic carbocycles. The summed E-state index contributed by atoms with van der Waals surface area (Å²) < 4.78 is 0. The highest BCUT2D eigenvalue weighted by Gasteiger charge is 2.41. The van der Waals surface area contributed by atoms with Crippen LogP contribution in [0, 0.1) is 5.92 Å². The van der Waals surface area contributed by atoms with E-state index < -0.39 is 0 Å². The van der Waals surface area contributed by atoms with Gasteiger partial charge in [0.25, 0.3) is 5.91 Å². The summed E-state index contributed by atoms with van der Waals surface area (Å²) in [6.45, 7) is 7.95. The third kappa shape index (κ3) is 4.56. The number of carbonyl (C=O) groups is 2. The molecule has 0 spiro atoms. The Morgan fingerprint density at radius 2 is 1.90 bits per heavy atom. The zero-order valence-electron chi connectivity index (χ0n) is 18.4. The van der Waals surface area contributed by atoms with Crippen LogP contribution in [0.3, 0.4) is 0 Å². The Kier molecular flexibility index (Phi) is 6.51. The topological polar surface area (TPSA) is 65.0 Å². The standard InChI is InChI=1S/C24H30N4O2S/c1-4-27(5-2)23(30)21-16(3)26-24-28(22(21)18-9-7-6-8-10-18)19(15-31-24)13-20(29)25-14-17-11-12-17/h6-10,15,17,22H,4-5,11-14H2,1-3H3,(H,25,29). The number of amidine groups is 1. The molecule has 1 atom stereocenters. The molecule has 0 aromatic heterocycles. The number of rotatable bonds is 8. The number of hydrogen-bond acceptors (Lipinski definition) is 5. The average molecular weight is 439 g/mol. The number of carbonyl (C=O) groups excluding carboxylic acids is 2. The second kappa shape index (κ2) is 9.30. The third-order valence-electron chi connectivity index (χ3n) is 6.02. The van der Waals surface area contributed by atoms with Gasteiger partial charge < -0.3 is 15.1 Å². The van der Waals surface area contributed by atoms with Gasteiger partial charge >= 0.3 is 0 Å². The van der Waals surface area contributed by atoms with E-state index in [0.717, 1.165) is 28.7 Å². The Bertz CT molecular complexity index is 946. The van der Waals surface area contributed by atoms with Gasteiger partial charge in [0.2, 0.25) is 5.91 Å². The van der Waals surface area contributed by atoms with Crippen molar-refractivity contribution in [3.05, 3.63) is 58.3 Å². The minimum atomic E-state index is -0.292. The highest BCUT2D eigenvalue weighted by atomic mass is 32.2. The molecule has 0 saturated heterocycles. The largest absolute Gasteiger partial charge is 0.355 e.